The quantitative estimate of drug-likeness (QED) is 0.640. The number of para-hydroxylation sites is 1. The number of esters is 1. The largest absolute Gasteiger partial charge is 0.484 e. The van der Waals surface area contributed by atoms with E-state index in [0.717, 1.165) is 10.9 Å². The van der Waals surface area contributed by atoms with Gasteiger partial charge in [0, 0.05) is 15.9 Å². The van der Waals surface area contributed by atoms with Crippen LogP contribution in [0.3, 0.4) is 0 Å². The lowest BCUT2D eigenvalue weighted by atomic mass is 10.2. The Bertz CT molecular complexity index is 934. The van der Waals surface area contributed by atoms with E-state index in [1.54, 1.807) is 31.2 Å². The molecule has 6 nitrogen and oxygen atoms in total. The lowest BCUT2D eigenvalue weighted by Gasteiger charge is -2.09. The first-order chi connectivity index (χ1) is 12.6. The average Bonchev–Trinajstić information content (AvgIpc) is 3.00. The van der Waals surface area contributed by atoms with Gasteiger partial charge in [-0.05, 0) is 37.3 Å². The highest BCUT2D eigenvalue weighted by atomic mass is 35.5. The minimum atomic E-state index is -0.530. The van der Waals surface area contributed by atoms with Gasteiger partial charge in [0.1, 0.15) is 11.4 Å². The molecule has 0 radical (unpaired) electrons. The van der Waals surface area contributed by atoms with Crippen LogP contribution in [0.15, 0.2) is 48.5 Å². The summed E-state index contributed by atoms with van der Waals surface area (Å²) in [6.45, 7) is 1.75. The molecular formula is C19H17ClN2O4. The molecule has 3 aromatic rings. The van der Waals surface area contributed by atoms with Crippen molar-refractivity contribution in [1.82, 2.24) is 4.98 Å². The third-order valence-corrected chi connectivity index (χ3v) is 3.89. The number of carbonyl (C=O) groups is 2. The summed E-state index contributed by atoms with van der Waals surface area (Å²) >= 11 is 5.82. The number of amides is 1. The Hall–Kier alpha value is -2.99. The number of hydrogen-bond donors (Lipinski definition) is 2. The van der Waals surface area contributed by atoms with Gasteiger partial charge in [-0.15, -0.1) is 0 Å². The van der Waals surface area contributed by atoms with Crippen LogP contribution in [0.4, 0.5) is 5.69 Å². The Morgan fingerprint density at radius 2 is 1.85 bits per heavy atom. The SMILES string of the molecule is CCOC(=O)c1[nH]c2ccccc2c1NC(=O)COc1ccc(Cl)cc1. The maximum Gasteiger partial charge on any atom is 0.356 e. The Morgan fingerprint density at radius 1 is 1.12 bits per heavy atom. The summed E-state index contributed by atoms with van der Waals surface area (Å²) in [5, 5.41) is 4.03. The van der Waals surface area contributed by atoms with E-state index in [2.05, 4.69) is 10.3 Å². The molecule has 26 heavy (non-hydrogen) atoms. The van der Waals surface area contributed by atoms with Crippen LogP contribution in [0.25, 0.3) is 10.9 Å². The van der Waals surface area contributed by atoms with Crippen LogP contribution in [0.1, 0.15) is 17.4 Å². The summed E-state index contributed by atoms with van der Waals surface area (Å²) in [5.74, 6) is -0.401. The summed E-state index contributed by atoms with van der Waals surface area (Å²) in [6, 6.07) is 14.0. The van der Waals surface area contributed by atoms with E-state index in [1.165, 1.54) is 0 Å². The molecule has 0 saturated heterocycles. The van der Waals surface area contributed by atoms with Gasteiger partial charge in [0.25, 0.3) is 5.91 Å². The number of hydrogen-bond acceptors (Lipinski definition) is 4. The Balaban J connectivity index is 1.78. The number of rotatable bonds is 6. The van der Waals surface area contributed by atoms with Gasteiger partial charge in [0.15, 0.2) is 6.61 Å². The molecule has 0 saturated carbocycles. The molecule has 1 heterocycles. The predicted molar refractivity (Wildman–Crippen MR) is 99.8 cm³/mol. The smallest absolute Gasteiger partial charge is 0.356 e. The molecule has 7 heteroatoms. The van der Waals surface area contributed by atoms with Crippen molar-refractivity contribution in [2.24, 2.45) is 0 Å². The second-order valence-corrected chi connectivity index (χ2v) is 5.87. The topological polar surface area (TPSA) is 80.4 Å². The summed E-state index contributed by atoms with van der Waals surface area (Å²) in [6.07, 6.45) is 0. The molecule has 0 fully saturated rings. The monoisotopic (exact) mass is 372 g/mol. The van der Waals surface area contributed by atoms with Gasteiger partial charge < -0.3 is 19.8 Å². The number of halogens is 1. The molecular weight excluding hydrogens is 356 g/mol. The normalized spacial score (nSPS) is 10.5. The molecule has 134 valence electrons. The number of nitrogens with one attached hydrogen (secondary N) is 2. The van der Waals surface area contributed by atoms with Crippen LogP contribution in [0.5, 0.6) is 5.75 Å². The van der Waals surface area contributed by atoms with Crippen molar-refractivity contribution in [3.63, 3.8) is 0 Å². The van der Waals surface area contributed by atoms with Crippen molar-refractivity contribution in [3.8, 4) is 5.75 Å². The second kappa shape index (κ2) is 7.93. The fourth-order valence-corrected chi connectivity index (χ4v) is 2.61. The molecule has 2 N–H and O–H groups in total. The molecule has 0 aliphatic rings. The average molecular weight is 373 g/mol. The molecule has 2 aromatic carbocycles. The van der Waals surface area contributed by atoms with E-state index in [0.29, 0.717) is 16.5 Å². The number of aromatic nitrogens is 1. The highest BCUT2D eigenvalue weighted by Crippen LogP contribution is 2.28. The zero-order valence-corrected chi connectivity index (χ0v) is 14.8. The zero-order valence-electron chi connectivity index (χ0n) is 14.0. The Kier molecular flexibility index (Phi) is 5.43. The van der Waals surface area contributed by atoms with Crippen molar-refractivity contribution in [2.45, 2.75) is 6.92 Å². The molecule has 3 rings (SSSR count). The lowest BCUT2D eigenvalue weighted by Crippen LogP contribution is -2.21. The molecule has 0 bridgehead atoms. The maximum atomic E-state index is 12.3. The predicted octanol–water partition coefficient (Wildman–Crippen LogP) is 4.02. The van der Waals surface area contributed by atoms with E-state index >= 15 is 0 Å². The van der Waals surface area contributed by atoms with Crippen molar-refractivity contribution in [3.05, 3.63) is 59.2 Å². The Labute approximate surface area is 155 Å². The third kappa shape index (κ3) is 3.97. The molecule has 0 atom stereocenters. The van der Waals surface area contributed by atoms with E-state index in [9.17, 15) is 9.59 Å². The molecule has 0 spiro atoms. The van der Waals surface area contributed by atoms with Gasteiger partial charge in [-0.25, -0.2) is 4.79 Å². The van der Waals surface area contributed by atoms with Crippen LogP contribution >= 0.6 is 11.6 Å². The van der Waals surface area contributed by atoms with Crippen molar-refractivity contribution >= 4 is 40.1 Å². The maximum absolute atomic E-state index is 12.3. The first-order valence-corrected chi connectivity index (χ1v) is 8.42. The number of ether oxygens (including phenoxy) is 2. The van der Waals surface area contributed by atoms with E-state index < -0.39 is 11.9 Å². The van der Waals surface area contributed by atoms with Crippen LogP contribution in [0.2, 0.25) is 5.02 Å². The van der Waals surface area contributed by atoms with Gasteiger partial charge in [-0.2, -0.15) is 0 Å². The minimum absolute atomic E-state index is 0.202. The fourth-order valence-electron chi connectivity index (χ4n) is 2.48. The Morgan fingerprint density at radius 3 is 2.58 bits per heavy atom. The van der Waals surface area contributed by atoms with Gasteiger partial charge in [-0.1, -0.05) is 29.8 Å². The molecule has 0 aliphatic carbocycles. The van der Waals surface area contributed by atoms with Crippen LogP contribution in [-0.4, -0.2) is 30.1 Å². The highest BCUT2D eigenvalue weighted by molar-refractivity contribution is 6.30. The number of carbonyl (C=O) groups excluding carboxylic acids is 2. The van der Waals surface area contributed by atoms with Crippen LogP contribution < -0.4 is 10.1 Å². The van der Waals surface area contributed by atoms with E-state index in [1.807, 2.05) is 24.3 Å². The highest BCUT2D eigenvalue weighted by Gasteiger charge is 2.20. The van der Waals surface area contributed by atoms with Gasteiger partial charge in [-0.3, -0.25) is 4.79 Å². The second-order valence-electron chi connectivity index (χ2n) is 5.43. The number of aromatic amines is 1. The first kappa shape index (κ1) is 17.8. The number of anilines is 1. The van der Waals surface area contributed by atoms with Gasteiger partial charge in [0.05, 0.1) is 12.3 Å². The first-order valence-electron chi connectivity index (χ1n) is 8.04. The van der Waals surface area contributed by atoms with E-state index in [-0.39, 0.29) is 18.9 Å². The van der Waals surface area contributed by atoms with Crippen LogP contribution in [0, 0.1) is 0 Å². The van der Waals surface area contributed by atoms with Gasteiger partial charge in [0.2, 0.25) is 0 Å². The standard InChI is InChI=1S/C19H17ClN2O4/c1-2-25-19(24)18-17(14-5-3-4-6-15(14)21-18)22-16(23)11-26-13-9-7-12(20)8-10-13/h3-10,21H,2,11H2,1H3,(H,22,23). The van der Waals surface area contributed by atoms with Gasteiger partial charge >= 0.3 is 5.97 Å². The summed E-state index contributed by atoms with van der Waals surface area (Å²) in [4.78, 5) is 27.5. The molecule has 1 aromatic heterocycles. The van der Waals surface area contributed by atoms with Crippen LogP contribution in [-0.2, 0) is 9.53 Å². The number of fused-ring (bicyclic) bond motifs is 1. The minimum Gasteiger partial charge on any atom is -0.484 e. The number of benzene rings is 2. The van der Waals surface area contributed by atoms with Crippen molar-refractivity contribution < 1.29 is 19.1 Å². The summed E-state index contributed by atoms with van der Waals surface area (Å²) < 4.78 is 10.5. The third-order valence-electron chi connectivity index (χ3n) is 3.63. The fraction of sp³-hybridized carbons (Fsp3) is 0.158. The summed E-state index contributed by atoms with van der Waals surface area (Å²) in [7, 11) is 0. The molecule has 1 amide bonds. The van der Waals surface area contributed by atoms with Crippen molar-refractivity contribution in [1.29, 1.82) is 0 Å². The number of H-pyrrole nitrogens is 1. The zero-order chi connectivity index (χ0) is 18.5. The molecule has 0 unspecified atom stereocenters. The lowest BCUT2D eigenvalue weighted by molar-refractivity contribution is -0.118. The molecule has 0 aliphatic heterocycles. The summed E-state index contributed by atoms with van der Waals surface area (Å²) in [5.41, 5.74) is 1.31. The van der Waals surface area contributed by atoms with Crippen molar-refractivity contribution in [2.75, 3.05) is 18.5 Å². The van der Waals surface area contributed by atoms with E-state index in [4.69, 9.17) is 21.1 Å².